The van der Waals surface area contributed by atoms with Crippen molar-refractivity contribution in [1.29, 1.82) is 0 Å². The molecule has 1 fully saturated rings. The molecule has 1 aliphatic rings. The van der Waals surface area contributed by atoms with E-state index >= 15 is 0 Å². The SMILES string of the molecule is CCN(CC)CCN1C(=O)C(=O)C(=C(O)c2ccc(C)cc2)C1c1ccc(OCC(N)=O)cc1. The van der Waals surface area contributed by atoms with Gasteiger partial charge in [0.05, 0.1) is 11.6 Å². The van der Waals surface area contributed by atoms with Crippen molar-refractivity contribution in [3.63, 3.8) is 0 Å². The standard InChI is InChI=1S/C26H31N3O5/c1-4-28(5-2)14-15-29-23(18-10-12-20(13-11-18)34-16-21(27)30)22(25(32)26(29)33)24(31)19-8-6-17(3)7-9-19/h6-13,23,31H,4-5,14-16H2,1-3H3,(H2,27,30). The predicted molar refractivity (Wildman–Crippen MR) is 129 cm³/mol. The molecule has 1 unspecified atom stereocenters. The molecule has 0 saturated carbocycles. The van der Waals surface area contributed by atoms with Gasteiger partial charge in [-0.3, -0.25) is 14.4 Å². The molecule has 2 aromatic carbocycles. The molecule has 2 aromatic rings. The monoisotopic (exact) mass is 465 g/mol. The highest BCUT2D eigenvalue weighted by Crippen LogP contribution is 2.39. The first-order valence-corrected chi connectivity index (χ1v) is 11.4. The Labute approximate surface area is 199 Å². The number of primary amides is 1. The number of likely N-dealkylation sites (N-methyl/N-ethyl adjacent to an activating group) is 1. The fourth-order valence-corrected chi connectivity index (χ4v) is 4.01. The fraction of sp³-hybridized carbons (Fsp3) is 0.346. The number of amides is 2. The number of nitrogens with two attached hydrogens (primary N) is 1. The smallest absolute Gasteiger partial charge is 0.295 e. The number of carbonyl (C=O) groups excluding carboxylic acids is 3. The number of rotatable bonds is 10. The average molecular weight is 466 g/mol. The number of ketones is 1. The number of likely N-dealkylation sites (tertiary alicyclic amines) is 1. The quantitative estimate of drug-likeness (QED) is 0.317. The molecule has 0 radical (unpaired) electrons. The average Bonchev–Trinajstić information content (AvgIpc) is 3.08. The lowest BCUT2D eigenvalue weighted by atomic mass is 9.95. The van der Waals surface area contributed by atoms with Crippen molar-refractivity contribution >= 4 is 23.4 Å². The van der Waals surface area contributed by atoms with E-state index in [1.54, 1.807) is 36.4 Å². The van der Waals surface area contributed by atoms with E-state index in [2.05, 4.69) is 4.90 Å². The van der Waals surface area contributed by atoms with Crippen LogP contribution in [0, 0.1) is 6.92 Å². The summed E-state index contributed by atoms with van der Waals surface area (Å²) in [5.41, 5.74) is 7.32. The third-order valence-electron chi connectivity index (χ3n) is 5.99. The maximum Gasteiger partial charge on any atom is 0.295 e. The molecule has 0 aliphatic carbocycles. The maximum atomic E-state index is 13.1. The number of nitrogens with zero attached hydrogens (tertiary/aromatic N) is 2. The van der Waals surface area contributed by atoms with Crippen molar-refractivity contribution in [3.8, 4) is 5.75 Å². The van der Waals surface area contributed by atoms with Gasteiger partial charge >= 0.3 is 0 Å². The van der Waals surface area contributed by atoms with Gasteiger partial charge in [0, 0.05) is 18.7 Å². The summed E-state index contributed by atoms with van der Waals surface area (Å²) in [6.45, 7) is 8.32. The molecule has 0 bridgehead atoms. The predicted octanol–water partition coefficient (Wildman–Crippen LogP) is 2.62. The van der Waals surface area contributed by atoms with Crippen LogP contribution in [0.2, 0.25) is 0 Å². The zero-order valence-corrected chi connectivity index (χ0v) is 19.8. The lowest BCUT2D eigenvalue weighted by Crippen LogP contribution is -2.38. The van der Waals surface area contributed by atoms with Crippen LogP contribution in [0.5, 0.6) is 5.75 Å². The molecule has 180 valence electrons. The number of aliphatic hydroxyl groups is 1. The van der Waals surface area contributed by atoms with Crippen LogP contribution in [0.1, 0.15) is 36.6 Å². The molecular weight excluding hydrogens is 434 g/mol. The second-order valence-corrected chi connectivity index (χ2v) is 8.21. The lowest BCUT2D eigenvalue weighted by Gasteiger charge is -2.28. The third-order valence-corrected chi connectivity index (χ3v) is 5.99. The van der Waals surface area contributed by atoms with Gasteiger partial charge in [0.25, 0.3) is 17.6 Å². The molecule has 1 saturated heterocycles. The summed E-state index contributed by atoms with van der Waals surface area (Å²) < 4.78 is 5.33. The Morgan fingerprint density at radius 1 is 1.06 bits per heavy atom. The van der Waals surface area contributed by atoms with E-state index in [4.69, 9.17) is 10.5 Å². The summed E-state index contributed by atoms with van der Waals surface area (Å²) in [7, 11) is 0. The highest BCUT2D eigenvalue weighted by atomic mass is 16.5. The summed E-state index contributed by atoms with van der Waals surface area (Å²) >= 11 is 0. The van der Waals surface area contributed by atoms with Gasteiger partial charge in [-0.2, -0.15) is 0 Å². The number of hydrogen-bond donors (Lipinski definition) is 2. The first-order valence-electron chi connectivity index (χ1n) is 11.4. The Morgan fingerprint density at radius 3 is 2.24 bits per heavy atom. The van der Waals surface area contributed by atoms with Crippen molar-refractivity contribution in [1.82, 2.24) is 9.80 Å². The van der Waals surface area contributed by atoms with E-state index < -0.39 is 23.6 Å². The van der Waals surface area contributed by atoms with Crippen molar-refractivity contribution in [2.24, 2.45) is 5.73 Å². The van der Waals surface area contributed by atoms with Gasteiger partial charge in [-0.1, -0.05) is 55.8 Å². The van der Waals surface area contributed by atoms with Gasteiger partial charge in [0.15, 0.2) is 6.61 Å². The van der Waals surface area contributed by atoms with Gasteiger partial charge in [-0.15, -0.1) is 0 Å². The molecule has 8 nitrogen and oxygen atoms in total. The van der Waals surface area contributed by atoms with E-state index in [0.29, 0.717) is 30.0 Å². The van der Waals surface area contributed by atoms with Crippen molar-refractivity contribution in [2.45, 2.75) is 26.8 Å². The van der Waals surface area contributed by atoms with Gasteiger partial charge in [0.2, 0.25) is 0 Å². The number of aryl methyl sites for hydroxylation is 1. The number of ether oxygens (including phenoxy) is 1. The zero-order valence-electron chi connectivity index (χ0n) is 19.8. The van der Waals surface area contributed by atoms with Crippen molar-refractivity contribution in [2.75, 3.05) is 32.8 Å². The molecule has 3 N–H and O–H groups in total. The Balaban J connectivity index is 2.03. The summed E-state index contributed by atoms with van der Waals surface area (Å²) in [6, 6.07) is 13.1. The molecule has 1 heterocycles. The molecule has 1 atom stereocenters. The first kappa shape index (κ1) is 25.0. The number of aliphatic hydroxyl groups excluding tert-OH is 1. The highest BCUT2D eigenvalue weighted by molar-refractivity contribution is 6.46. The molecule has 34 heavy (non-hydrogen) atoms. The van der Waals surface area contributed by atoms with E-state index in [-0.39, 0.29) is 17.9 Å². The lowest BCUT2D eigenvalue weighted by molar-refractivity contribution is -0.140. The Morgan fingerprint density at radius 2 is 1.68 bits per heavy atom. The Kier molecular flexibility index (Phi) is 8.07. The van der Waals surface area contributed by atoms with Gasteiger partial charge in [-0.25, -0.2) is 0 Å². The van der Waals surface area contributed by atoms with E-state index in [9.17, 15) is 19.5 Å². The molecule has 1 aliphatic heterocycles. The van der Waals surface area contributed by atoms with Crippen molar-refractivity contribution in [3.05, 3.63) is 70.8 Å². The fourth-order valence-electron chi connectivity index (χ4n) is 4.01. The first-order chi connectivity index (χ1) is 16.3. The van der Waals surface area contributed by atoms with Gasteiger partial charge in [-0.05, 0) is 37.7 Å². The van der Waals surface area contributed by atoms with Crippen LogP contribution >= 0.6 is 0 Å². The van der Waals surface area contributed by atoms with E-state index in [1.165, 1.54) is 4.90 Å². The van der Waals surface area contributed by atoms with Crippen LogP contribution < -0.4 is 10.5 Å². The molecular formula is C26H31N3O5. The highest BCUT2D eigenvalue weighted by Gasteiger charge is 2.45. The van der Waals surface area contributed by atoms with Crippen LogP contribution in [0.3, 0.4) is 0 Å². The minimum absolute atomic E-state index is 0.0548. The van der Waals surface area contributed by atoms with Gasteiger partial charge < -0.3 is 25.4 Å². The minimum Gasteiger partial charge on any atom is -0.507 e. The largest absolute Gasteiger partial charge is 0.507 e. The number of carbonyl (C=O) groups is 3. The molecule has 8 heteroatoms. The number of Topliss-reactive ketones (excluding diaryl/α,β-unsaturated/α-hetero) is 1. The van der Waals surface area contributed by atoms with E-state index in [1.807, 2.05) is 32.9 Å². The van der Waals surface area contributed by atoms with Crippen LogP contribution in [-0.4, -0.2) is 65.3 Å². The van der Waals surface area contributed by atoms with Crippen LogP contribution in [0.4, 0.5) is 0 Å². The normalized spacial score (nSPS) is 17.4. The zero-order chi connectivity index (χ0) is 24.8. The van der Waals surface area contributed by atoms with Crippen LogP contribution in [0.25, 0.3) is 5.76 Å². The van der Waals surface area contributed by atoms with E-state index in [0.717, 1.165) is 18.7 Å². The molecule has 2 amide bonds. The van der Waals surface area contributed by atoms with Crippen molar-refractivity contribution < 1.29 is 24.2 Å². The second-order valence-electron chi connectivity index (χ2n) is 8.21. The van der Waals surface area contributed by atoms with Crippen LogP contribution in [0.15, 0.2) is 54.1 Å². The molecule has 0 spiro atoms. The van der Waals surface area contributed by atoms with Crippen LogP contribution in [-0.2, 0) is 14.4 Å². The summed E-state index contributed by atoms with van der Waals surface area (Å²) in [5.74, 6) is -1.72. The second kappa shape index (κ2) is 11.0. The Bertz CT molecular complexity index is 1070. The molecule has 0 aromatic heterocycles. The summed E-state index contributed by atoms with van der Waals surface area (Å²) in [4.78, 5) is 40.8. The Hall–Kier alpha value is -3.65. The molecule has 3 rings (SSSR count). The van der Waals surface area contributed by atoms with Gasteiger partial charge in [0.1, 0.15) is 11.5 Å². The third kappa shape index (κ3) is 5.46. The number of benzene rings is 2. The minimum atomic E-state index is -0.748. The number of hydrogen-bond acceptors (Lipinski definition) is 6. The summed E-state index contributed by atoms with van der Waals surface area (Å²) in [6.07, 6.45) is 0. The summed E-state index contributed by atoms with van der Waals surface area (Å²) in [5, 5.41) is 11.1. The maximum absolute atomic E-state index is 13.1. The topological polar surface area (TPSA) is 113 Å².